The zero-order valence-electron chi connectivity index (χ0n) is 13.9. The molecule has 0 fully saturated rings. The first-order chi connectivity index (χ1) is 12.1. The Bertz CT molecular complexity index is 904. The third-order valence-corrected chi connectivity index (χ3v) is 3.99. The van der Waals surface area contributed by atoms with Crippen LogP contribution in [0.25, 0.3) is 22.3 Å². The van der Waals surface area contributed by atoms with E-state index in [1.165, 1.54) is 26.4 Å². The molecule has 0 amide bonds. The molecular weight excluding hydrogens is 320 g/mol. The molecule has 0 saturated carbocycles. The Labute approximate surface area is 145 Å². The van der Waals surface area contributed by atoms with Crippen LogP contribution in [0.15, 0.2) is 54.6 Å². The lowest BCUT2D eigenvalue weighted by molar-refractivity contribution is 0.369. The first kappa shape index (κ1) is 16.5. The van der Waals surface area contributed by atoms with Gasteiger partial charge in [0.2, 0.25) is 0 Å². The fraction of sp³-hybridized carbons (Fsp3) is 0.100. The first-order valence-corrected chi connectivity index (χ1v) is 7.62. The molecule has 0 heterocycles. The fourth-order valence-corrected chi connectivity index (χ4v) is 2.78. The largest absolute Gasteiger partial charge is 0.504 e. The molecule has 128 valence electrons. The number of benzene rings is 3. The molecule has 25 heavy (non-hydrogen) atoms. The second-order valence-corrected chi connectivity index (χ2v) is 5.45. The van der Waals surface area contributed by atoms with Crippen LogP contribution in [0.5, 0.6) is 28.7 Å². The lowest BCUT2D eigenvalue weighted by Gasteiger charge is -2.18. The minimum absolute atomic E-state index is 0.0596. The third kappa shape index (κ3) is 2.92. The van der Waals surface area contributed by atoms with Crippen molar-refractivity contribution in [3.05, 3.63) is 54.6 Å². The molecule has 0 radical (unpaired) electrons. The Morgan fingerprint density at radius 3 is 2.04 bits per heavy atom. The van der Waals surface area contributed by atoms with Crippen molar-refractivity contribution in [3.63, 3.8) is 0 Å². The van der Waals surface area contributed by atoms with Crippen LogP contribution < -0.4 is 9.47 Å². The van der Waals surface area contributed by atoms with Crippen molar-refractivity contribution in [3.8, 4) is 51.0 Å². The molecule has 0 spiro atoms. The molecular formula is C20H18O5. The van der Waals surface area contributed by atoms with E-state index in [2.05, 4.69) is 0 Å². The molecule has 0 aliphatic rings. The van der Waals surface area contributed by atoms with E-state index in [-0.39, 0.29) is 23.0 Å². The summed E-state index contributed by atoms with van der Waals surface area (Å²) < 4.78 is 10.9. The monoisotopic (exact) mass is 338 g/mol. The number of phenolic OH excluding ortho intramolecular Hbond substituents is 3. The maximum atomic E-state index is 10.8. The molecule has 3 aromatic rings. The fourth-order valence-electron chi connectivity index (χ4n) is 2.78. The average molecular weight is 338 g/mol. The lowest BCUT2D eigenvalue weighted by atomic mass is 9.96. The number of hydrogen-bond acceptors (Lipinski definition) is 5. The normalized spacial score (nSPS) is 10.5. The predicted octanol–water partition coefficient (Wildman–Crippen LogP) is 4.15. The summed E-state index contributed by atoms with van der Waals surface area (Å²) in [5.41, 5.74) is 2.41. The summed E-state index contributed by atoms with van der Waals surface area (Å²) in [5.74, 6) is 0.178. The smallest absolute Gasteiger partial charge is 0.170 e. The second kappa shape index (κ2) is 6.65. The van der Waals surface area contributed by atoms with Crippen molar-refractivity contribution in [1.82, 2.24) is 0 Å². The van der Waals surface area contributed by atoms with E-state index in [0.29, 0.717) is 22.4 Å². The molecule has 3 aromatic carbocycles. The Morgan fingerprint density at radius 1 is 0.720 bits per heavy atom. The summed E-state index contributed by atoms with van der Waals surface area (Å²) in [6.45, 7) is 0. The molecule has 0 atom stereocenters. The van der Waals surface area contributed by atoms with Crippen LogP contribution in [0.1, 0.15) is 0 Å². The Morgan fingerprint density at radius 2 is 1.44 bits per heavy atom. The van der Waals surface area contributed by atoms with Crippen molar-refractivity contribution in [2.24, 2.45) is 0 Å². The van der Waals surface area contributed by atoms with Crippen LogP contribution in [0.2, 0.25) is 0 Å². The highest BCUT2D eigenvalue weighted by Gasteiger charge is 2.21. The summed E-state index contributed by atoms with van der Waals surface area (Å²) in [6.07, 6.45) is 0. The molecule has 0 saturated heterocycles. The van der Waals surface area contributed by atoms with E-state index in [9.17, 15) is 15.3 Å². The lowest BCUT2D eigenvalue weighted by Crippen LogP contribution is -1.95. The third-order valence-electron chi connectivity index (χ3n) is 3.99. The van der Waals surface area contributed by atoms with E-state index in [0.717, 1.165) is 5.56 Å². The minimum atomic E-state index is -0.259. The van der Waals surface area contributed by atoms with Gasteiger partial charge in [-0.05, 0) is 29.3 Å². The number of hydrogen-bond donors (Lipinski definition) is 3. The van der Waals surface area contributed by atoms with Gasteiger partial charge in [-0.1, -0.05) is 36.4 Å². The number of phenols is 3. The van der Waals surface area contributed by atoms with Crippen molar-refractivity contribution in [1.29, 1.82) is 0 Å². The minimum Gasteiger partial charge on any atom is -0.504 e. The maximum Gasteiger partial charge on any atom is 0.170 e. The molecule has 3 rings (SSSR count). The maximum absolute atomic E-state index is 10.8. The van der Waals surface area contributed by atoms with E-state index in [4.69, 9.17) is 9.47 Å². The quantitative estimate of drug-likeness (QED) is 0.623. The van der Waals surface area contributed by atoms with E-state index >= 15 is 0 Å². The highest BCUT2D eigenvalue weighted by atomic mass is 16.5. The standard InChI is InChI=1S/C20H18O5/c1-24-17-11-14(13-8-9-15(21)16(22)10-13)20(25-2)19(23)18(17)12-6-4-3-5-7-12/h3-11,21-23H,1-2H3. The van der Waals surface area contributed by atoms with Gasteiger partial charge in [0.15, 0.2) is 23.0 Å². The van der Waals surface area contributed by atoms with Crippen LogP contribution in [-0.2, 0) is 0 Å². The first-order valence-electron chi connectivity index (χ1n) is 7.62. The average Bonchev–Trinajstić information content (AvgIpc) is 2.63. The van der Waals surface area contributed by atoms with Crippen molar-refractivity contribution >= 4 is 0 Å². The van der Waals surface area contributed by atoms with Crippen molar-refractivity contribution in [2.75, 3.05) is 14.2 Å². The van der Waals surface area contributed by atoms with Gasteiger partial charge < -0.3 is 24.8 Å². The van der Waals surface area contributed by atoms with Crippen LogP contribution in [-0.4, -0.2) is 29.5 Å². The van der Waals surface area contributed by atoms with Gasteiger partial charge in [0, 0.05) is 5.56 Å². The number of rotatable bonds is 4. The SMILES string of the molecule is COc1cc(-c2ccc(O)c(O)c2)c(OC)c(O)c1-c1ccccc1. The molecule has 5 nitrogen and oxygen atoms in total. The van der Waals surface area contributed by atoms with Crippen molar-refractivity contribution in [2.45, 2.75) is 0 Å². The van der Waals surface area contributed by atoms with Gasteiger partial charge in [-0.15, -0.1) is 0 Å². The van der Waals surface area contributed by atoms with Crippen LogP contribution >= 0.6 is 0 Å². The van der Waals surface area contributed by atoms with Gasteiger partial charge >= 0.3 is 0 Å². The van der Waals surface area contributed by atoms with Crippen LogP contribution in [0, 0.1) is 0 Å². The van der Waals surface area contributed by atoms with E-state index in [1.807, 2.05) is 30.3 Å². The summed E-state index contributed by atoms with van der Waals surface area (Å²) in [4.78, 5) is 0. The Balaban J connectivity index is 2.28. The number of methoxy groups -OCH3 is 2. The van der Waals surface area contributed by atoms with Crippen LogP contribution in [0.4, 0.5) is 0 Å². The number of ether oxygens (including phenoxy) is 2. The Kier molecular flexibility index (Phi) is 4.39. The zero-order valence-corrected chi connectivity index (χ0v) is 13.9. The number of aromatic hydroxyl groups is 3. The molecule has 0 aromatic heterocycles. The molecule has 0 aliphatic carbocycles. The predicted molar refractivity (Wildman–Crippen MR) is 95.4 cm³/mol. The summed E-state index contributed by atoms with van der Waals surface area (Å²) >= 11 is 0. The Hall–Kier alpha value is -3.34. The summed E-state index contributed by atoms with van der Waals surface area (Å²) in [7, 11) is 2.98. The van der Waals surface area contributed by atoms with Gasteiger partial charge in [0.25, 0.3) is 0 Å². The summed E-state index contributed by atoms with van der Waals surface area (Å²) in [6, 6.07) is 15.5. The van der Waals surface area contributed by atoms with Crippen molar-refractivity contribution < 1.29 is 24.8 Å². The van der Waals surface area contributed by atoms with Crippen LogP contribution in [0.3, 0.4) is 0 Å². The molecule has 5 heteroatoms. The topological polar surface area (TPSA) is 79.2 Å². The van der Waals surface area contributed by atoms with Gasteiger partial charge in [-0.2, -0.15) is 0 Å². The van der Waals surface area contributed by atoms with Gasteiger partial charge in [-0.3, -0.25) is 0 Å². The van der Waals surface area contributed by atoms with E-state index < -0.39 is 0 Å². The van der Waals surface area contributed by atoms with Gasteiger partial charge in [0.05, 0.1) is 19.8 Å². The molecule has 0 unspecified atom stereocenters. The molecule has 0 aliphatic heterocycles. The highest BCUT2D eigenvalue weighted by molar-refractivity contribution is 5.87. The molecule has 3 N–H and O–H groups in total. The molecule has 0 bridgehead atoms. The van der Waals surface area contributed by atoms with Gasteiger partial charge in [-0.25, -0.2) is 0 Å². The summed E-state index contributed by atoms with van der Waals surface area (Å²) in [5, 5.41) is 30.1. The van der Waals surface area contributed by atoms with Gasteiger partial charge in [0.1, 0.15) is 5.75 Å². The zero-order chi connectivity index (χ0) is 18.0. The second-order valence-electron chi connectivity index (χ2n) is 5.45. The highest BCUT2D eigenvalue weighted by Crippen LogP contribution is 2.49. The van der Waals surface area contributed by atoms with E-state index in [1.54, 1.807) is 12.1 Å².